The van der Waals surface area contributed by atoms with E-state index in [-0.39, 0.29) is 11.9 Å². The molecule has 1 aliphatic heterocycles. The number of rotatable bonds is 6. The van der Waals surface area contributed by atoms with Crippen molar-refractivity contribution in [3.8, 4) is 5.75 Å². The maximum Gasteiger partial charge on any atom is 0.422 e. The fourth-order valence-electron chi connectivity index (χ4n) is 2.28. The fourth-order valence-corrected chi connectivity index (χ4v) is 2.28. The van der Waals surface area contributed by atoms with Crippen LogP contribution in [0.25, 0.3) is 0 Å². The van der Waals surface area contributed by atoms with Gasteiger partial charge in [-0.2, -0.15) is 13.2 Å². The first kappa shape index (κ1) is 17.1. The van der Waals surface area contributed by atoms with Gasteiger partial charge in [-0.1, -0.05) is 12.1 Å². The van der Waals surface area contributed by atoms with E-state index >= 15 is 0 Å². The Kier molecular flexibility index (Phi) is 6.05. The van der Waals surface area contributed by atoms with E-state index in [0.717, 1.165) is 25.3 Å². The molecule has 1 fully saturated rings. The van der Waals surface area contributed by atoms with Crippen LogP contribution in [0.1, 0.15) is 5.56 Å². The summed E-state index contributed by atoms with van der Waals surface area (Å²) < 4.78 is 46.7. The molecule has 0 radical (unpaired) electrons. The number of halogens is 3. The zero-order valence-electron chi connectivity index (χ0n) is 12.5. The van der Waals surface area contributed by atoms with Crippen LogP contribution in [0.3, 0.4) is 0 Å². The number of benzene rings is 1. The Bertz CT molecular complexity index is 468. The summed E-state index contributed by atoms with van der Waals surface area (Å²) in [5, 5.41) is 3.26. The molecular weight excluding hydrogens is 297 g/mol. The highest BCUT2D eigenvalue weighted by Gasteiger charge is 2.28. The van der Waals surface area contributed by atoms with Gasteiger partial charge in [0.2, 0.25) is 0 Å². The minimum absolute atomic E-state index is 0.142. The molecule has 0 spiro atoms. The molecule has 0 saturated carbocycles. The van der Waals surface area contributed by atoms with E-state index in [2.05, 4.69) is 17.3 Å². The van der Waals surface area contributed by atoms with Crippen molar-refractivity contribution in [2.75, 3.05) is 39.9 Å². The Morgan fingerprint density at radius 1 is 1.41 bits per heavy atom. The summed E-state index contributed by atoms with van der Waals surface area (Å²) in [5.74, 6) is 0.227. The van der Waals surface area contributed by atoms with Gasteiger partial charge in [0.1, 0.15) is 5.75 Å². The lowest BCUT2D eigenvalue weighted by molar-refractivity contribution is -0.153. The summed E-state index contributed by atoms with van der Waals surface area (Å²) >= 11 is 0. The highest BCUT2D eigenvalue weighted by Crippen LogP contribution is 2.19. The van der Waals surface area contributed by atoms with Gasteiger partial charge in [0.25, 0.3) is 0 Å². The third-order valence-corrected chi connectivity index (χ3v) is 3.34. The summed E-state index contributed by atoms with van der Waals surface area (Å²) in [4.78, 5) is 2.21. The molecule has 1 heterocycles. The van der Waals surface area contributed by atoms with E-state index in [4.69, 9.17) is 9.47 Å². The third-order valence-electron chi connectivity index (χ3n) is 3.34. The lowest BCUT2D eigenvalue weighted by atomic mass is 10.2. The summed E-state index contributed by atoms with van der Waals surface area (Å²) in [6.45, 7) is 2.54. The Balaban J connectivity index is 1.75. The van der Waals surface area contributed by atoms with Gasteiger partial charge in [0.15, 0.2) is 6.61 Å². The Morgan fingerprint density at radius 3 is 2.95 bits per heavy atom. The molecule has 0 aromatic heterocycles. The standard InChI is InChI=1S/C15H21F3N2O2/c1-20-5-6-21-14(10-20)9-19-8-12-3-2-4-13(7-12)22-11-15(16,17)18/h2-4,7,14,19H,5-6,8-11H2,1H3/t14-/m1/s1. The molecule has 1 atom stereocenters. The summed E-state index contributed by atoms with van der Waals surface area (Å²) in [5.41, 5.74) is 0.879. The molecule has 4 nitrogen and oxygen atoms in total. The summed E-state index contributed by atoms with van der Waals surface area (Å²) in [7, 11) is 2.05. The van der Waals surface area contributed by atoms with Crippen LogP contribution in [0.2, 0.25) is 0 Å². The zero-order chi connectivity index (χ0) is 16.0. The molecule has 0 bridgehead atoms. The molecule has 1 aromatic carbocycles. The number of morpholine rings is 1. The molecule has 1 N–H and O–H groups in total. The van der Waals surface area contributed by atoms with E-state index in [1.165, 1.54) is 6.07 Å². The van der Waals surface area contributed by atoms with Gasteiger partial charge in [-0.25, -0.2) is 0 Å². The monoisotopic (exact) mass is 318 g/mol. The van der Waals surface area contributed by atoms with Crippen molar-refractivity contribution in [2.24, 2.45) is 0 Å². The minimum atomic E-state index is -4.32. The predicted octanol–water partition coefficient (Wildman–Crippen LogP) is 2.05. The van der Waals surface area contributed by atoms with Crippen molar-refractivity contribution in [1.82, 2.24) is 10.2 Å². The van der Waals surface area contributed by atoms with Crippen LogP contribution in [-0.2, 0) is 11.3 Å². The first-order chi connectivity index (χ1) is 10.4. The topological polar surface area (TPSA) is 33.7 Å². The lowest BCUT2D eigenvalue weighted by Crippen LogP contribution is -2.44. The second kappa shape index (κ2) is 7.80. The number of nitrogens with one attached hydrogen (secondary N) is 1. The molecule has 1 aromatic rings. The second-order valence-corrected chi connectivity index (χ2v) is 5.44. The molecule has 7 heteroatoms. The van der Waals surface area contributed by atoms with Gasteiger partial charge in [0.05, 0.1) is 12.7 Å². The third kappa shape index (κ3) is 6.21. The number of likely N-dealkylation sites (N-methyl/N-ethyl adjacent to an activating group) is 1. The molecule has 0 aliphatic carbocycles. The molecule has 1 aliphatic rings. The molecule has 22 heavy (non-hydrogen) atoms. The van der Waals surface area contributed by atoms with Crippen LogP contribution in [-0.4, -0.2) is 57.1 Å². The maximum atomic E-state index is 12.1. The number of hydrogen-bond donors (Lipinski definition) is 1. The largest absolute Gasteiger partial charge is 0.484 e. The van der Waals surface area contributed by atoms with Gasteiger partial charge < -0.3 is 19.7 Å². The van der Waals surface area contributed by atoms with Gasteiger partial charge >= 0.3 is 6.18 Å². The maximum absolute atomic E-state index is 12.1. The summed E-state index contributed by atoms with van der Waals surface area (Å²) in [6.07, 6.45) is -4.18. The van der Waals surface area contributed by atoms with Crippen molar-refractivity contribution in [1.29, 1.82) is 0 Å². The normalized spacial score (nSPS) is 20.1. The lowest BCUT2D eigenvalue weighted by Gasteiger charge is -2.30. The van der Waals surface area contributed by atoms with Gasteiger partial charge in [-0.05, 0) is 24.7 Å². The molecular formula is C15H21F3N2O2. The summed E-state index contributed by atoms with van der Waals surface area (Å²) in [6, 6.07) is 6.68. The highest BCUT2D eigenvalue weighted by atomic mass is 19.4. The van der Waals surface area contributed by atoms with Crippen molar-refractivity contribution < 1.29 is 22.6 Å². The average molecular weight is 318 g/mol. The van der Waals surface area contributed by atoms with Crippen molar-refractivity contribution in [3.05, 3.63) is 29.8 Å². The first-order valence-electron chi connectivity index (χ1n) is 7.22. The van der Waals surface area contributed by atoms with E-state index in [9.17, 15) is 13.2 Å². The predicted molar refractivity (Wildman–Crippen MR) is 76.9 cm³/mol. The molecule has 1 saturated heterocycles. The van der Waals surface area contributed by atoms with Crippen LogP contribution >= 0.6 is 0 Å². The van der Waals surface area contributed by atoms with Crippen LogP contribution < -0.4 is 10.1 Å². The molecule has 0 unspecified atom stereocenters. The van der Waals surface area contributed by atoms with Crippen LogP contribution in [0.15, 0.2) is 24.3 Å². The van der Waals surface area contributed by atoms with E-state index in [1.54, 1.807) is 12.1 Å². The Morgan fingerprint density at radius 2 is 2.23 bits per heavy atom. The van der Waals surface area contributed by atoms with E-state index in [1.807, 2.05) is 6.07 Å². The van der Waals surface area contributed by atoms with Crippen LogP contribution in [0, 0.1) is 0 Å². The van der Waals surface area contributed by atoms with Crippen molar-refractivity contribution >= 4 is 0 Å². The zero-order valence-corrected chi connectivity index (χ0v) is 12.5. The minimum Gasteiger partial charge on any atom is -0.484 e. The van der Waals surface area contributed by atoms with Gasteiger partial charge in [-0.15, -0.1) is 0 Å². The van der Waals surface area contributed by atoms with Gasteiger partial charge in [0, 0.05) is 26.2 Å². The Labute approximate surface area is 128 Å². The fraction of sp³-hybridized carbons (Fsp3) is 0.600. The second-order valence-electron chi connectivity index (χ2n) is 5.44. The van der Waals surface area contributed by atoms with Gasteiger partial charge in [-0.3, -0.25) is 0 Å². The quantitative estimate of drug-likeness (QED) is 0.870. The molecule has 124 valence electrons. The van der Waals surface area contributed by atoms with Crippen LogP contribution in [0.5, 0.6) is 5.75 Å². The SMILES string of the molecule is CN1CCO[C@H](CNCc2cccc(OCC(F)(F)F)c2)C1. The van der Waals surface area contributed by atoms with Crippen molar-refractivity contribution in [2.45, 2.75) is 18.8 Å². The first-order valence-corrected chi connectivity index (χ1v) is 7.22. The number of hydrogen-bond acceptors (Lipinski definition) is 4. The number of ether oxygens (including phenoxy) is 2. The highest BCUT2D eigenvalue weighted by molar-refractivity contribution is 5.28. The number of nitrogens with zero attached hydrogens (tertiary/aromatic N) is 1. The average Bonchev–Trinajstić information content (AvgIpc) is 2.45. The molecule has 2 rings (SSSR count). The number of alkyl halides is 3. The smallest absolute Gasteiger partial charge is 0.422 e. The van der Waals surface area contributed by atoms with E-state index < -0.39 is 12.8 Å². The van der Waals surface area contributed by atoms with E-state index in [0.29, 0.717) is 13.1 Å². The molecule has 0 amide bonds. The van der Waals surface area contributed by atoms with Crippen LogP contribution in [0.4, 0.5) is 13.2 Å². The van der Waals surface area contributed by atoms with Crippen molar-refractivity contribution in [3.63, 3.8) is 0 Å². The Hall–Kier alpha value is -1.31.